The van der Waals surface area contributed by atoms with Gasteiger partial charge in [-0.2, -0.15) is 13.2 Å². The molecule has 1 fully saturated rings. The average molecular weight is 580 g/mol. The number of likely N-dealkylation sites (tertiary alicyclic amines) is 1. The molecule has 41 heavy (non-hydrogen) atoms. The van der Waals surface area contributed by atoms with Crippen molar-refractivity contribution in [1.29, 1.82) is 0 Å². The first-order valence-electron chi connectivity index (χ1n) is 12.9. The molecule has 1 aliphatic rings. The van der Waals surface area contributed by atoms with Gasteiger partial charge < -0.3 is 29.9 Å². The number of nitrogens with zero attached hydrogens (tertiary/aromatic N) is 3. The summed E-state index contributed by atoms with van der Waals surface area (Å²) in [6.07, 6.45) is -3.61. The molecule has 3 aromatic rings. The number of alkyl halides is 3. The van der Waals surface area contributed by atoms with Gasteiger partial charge in [0.15, 0.2) is 18.1 Å². The lowest BCUT2D eigenvalue weighted by Gasteiger charge is -2.32. The van der Waals surface area contributed by atoms with Gasteiger partial charge in [0.05, 0.1) is 16.8 Å². The van der Waals surface area contributed by atoms with Gasteiger partial charge in [-0.05, 0) is 43.5 Å². The molecule has 3 N–H and O–H groups in total. The molecule has 3 heterocycles. The van der Waals surface area contributed by atoms with Crippen molar-refractivity contribution in [1.82, 2.24) is 19.8 Å². The molecule has 1 aromatic carbocycles. The topological polar surface area (TPSA) is 126 Å². The fourth-order valence-electron chi connectivity index (χ4n) is 4.73. The molecule has 0 unspecified atom stereocenters. The predicted octanol–water partition coefficient (Wildman–Crippen LogP) is 3.18. The summed E-state index contributed by atoms with van der Waals surface area (Å²) in [7, 11) is 1.47. The zero-order valence-corrected chi connectivity index (χ0v) is 22.3. The molecule has 0 saturated carbocycles. The number of amides is 3. The third kappa shape index (κ3) is 6.76. The van der Waals surface area contributed by atoms with Gasteiger partial charge in [-0.1, -0.05) is 13.0 Å². The highest BCUT2D eigenvalue weighted by Crippen LogP contribution is 2.36. The zero-order valence-electron chi connectivity index (χ0n) is 22.3. The lowest BCUT2D eigenvalue weighted by Crippen LogP contribution is -2.47. The minimum Gasteiger partial charge on any atom is -0.481 e. The van der Waals surface area contributed by atoms with Gasteiger partial charge in [0, 0.05) is 31.7 Å². The van der Waals surface area contributed by atoms with E-state index in [0.29, 0.717) is 38.0 Å². The number of rotatable bonds is 8. The Morgan fingerprint density at radius 3 is 2.46 bits per heavy atom. The summed E-state index contributed by atoms with van der Waals surface area (Å²) in [4.78, 5) is 43.9. The smallest absolute Gasteiger partial charge is 0.422 e. The number of aromatic nitrogens is 2. The Morgan fingerprint density at radius 2 is 1.85 bits per heavy atom. The summed E-state index contributed by atoms with van der Waals surface area (Å²) < 4.78 is 59.7. The van der Waals surface area contributed by atoms with Crippen molar-refractivity contribution in [3.05, 3.63) is 53.1 Å². The number of ether oxygens (including phenoxy) is 1. The molecule has 2 aromatic heterocycles. The van der Waals surface area contributed by atoms with Crippen molar-refractivity contribution in [2.24, 2.45) is 7.05 Å². The minimum atomic E-state index is -4.70. The number of pyridine rings is 1. The van der Waals surface area contributed by atoms with Crippen molar-refractivity contribution in [2.75, 3.05) is 31.6 Å². The van der Waals surface area contributed by atoms with E-state index in [-0.39, 0.29) is 39.8 Å². The summed E-state index contributed by atoms with van der Waals surface area (Å²) >= 11 is 0. The molecule has 0 spiro atoms. The number of fused-ring (bicyclic) bond motifs is 1. The Morgan fingerprint density at radius 1 is 1.15 bits per heavy atom. The fourth-order valence-corrected chi connectivity index (χ4v) is 4.73. The second-order valence-corrected chi connectivity index (χ2v) is 9.60. The second-order valence-electron chi connectivity index (χ2n) is 9.60. The van der Waals surface area contributed by atoms with Crippen molar-refractivity contribution < 1.29 is 41.8 Å². The van der Waals surface area contributed by atoms with Crippen molar-refractivity contribution in [3.8, 4) is 5.75 Å². The van der Waals surface area contributed by atoms with Crippen LogP contribution in [0, 0.1) is 5.82 Å². The Balaban J connectivity index is 1.69. The summed E-state index contributed by atoms with van der Waals surface area (Å²) in [5, 5.41) is 14.6. The second kappa shape index (κ2) is 12.1. The molecule has 0 radical (unpaired) electrons. The molecule has 1 aliphatic heterocycles. The molecule has 10 nitrogen and oxygen atoms in total. The average Bonchev–Trinajstić information content (AvgIpc) is 3.21. The number of hydrogen-bond donors (Lipinski definition) is 3. The van der Waals surface area contributed by atoms with Crippen LogP contribution in [0.2, 0.25) is 0 Å². The fraction of sp³-hybridized carbons (Fsp3) is 0.407. The first-order valence-corrected chi connectivity index (χ1v) is 12.9. The van der Waals surface area contributed by atoms with Crippen molar-refractivity contribution >= 4 is 34.4 Å². The molecule has 0 aliphatic carbocycles. The van der Waals surface area contributed by atoms with E-state index in [0.717, 1.165) is 6.07 Å². The van der Waals surface area contributed by atoms with E-state index in [4.69, 9.17) is 9.84 Å². The first-order chi connectivity index (χ1) is 19.4. The number of carbonyl (C=O) groups excluding carboxylic acids is 3. The number of carbonyl (C=O) groups is 3. The number of aryl methyl sites for hydroxylation is 2. The number of halogens is 4. The number of nitrogens with one attached hydrogen (secondary N) is 2. The van der Waals surface area contributed by atoms with Crippen LogP contribution in [-0.2, 0) is 18.3 Å². The lowest BCUT2D eigenvalue weighted by molar-refractivity contribution is -0.153. The maximum absolute atomic E-state index is 13.6. The highest BCUT2D eigenvalue weighted by Gasteiger charge is 2.33. The van der Waals surface area contributed by atoms with Gasteiger partial charge >= 0.3 is 6.18 Å². The Labute approximate surface area is 232 Å². The van der Waals surface area contributed by atoms with Gasteiger partial charge in [-0.15, -0.1) is 0 Å². The number of aliphatic hydroxyl groups excluding tert-OH is 1. The van der Waals surface area contributed by atoms with Crippen LogP contribution in [0.1, 0.15) is 46.3 Å². The van der Waals surface area contributed by atoms with Gasteiger partial charge in [0.1, 0.15) is 18.1 Å². The Bertz CT molecular complexity index is 1460. The van der Waals surface area contributed by atoms with Crippen LogP contribution in [-0.4, -0.2) is 75.8 Å². The molecular formula is C27H29F4N5O5. The maximum atomic E-state index is 13.6. The normalized spacial score (nSPS) is 14.3. The SMILES string of the molecule is CCc1nc2c(cc1NC(=O)c1cccc(F)c1)c(OCC(F)(F)F)c(C(=O)NC1CCN(C(=O)CO)CC1)n2C. The summed E-state index contributed by atoms with van der Waals surface area (Å²) in [6.45, 7) is 0.0652. The molecule has 220 valence electrons. The van der Waals surface area contributed by atoms with Gasteiger partial charge in [-0.3, -0.25) is 14.4 Å². The van der Waals surface area contributed by atoms with E-state index < -0.39 is 42.9 Å². The van der Waals surface area contributed by atoms with E-state index in [1.165, 1.54) is 40.8 Å². The zero-order chi connectivity index (χ0) is 29.9. The van der Waals surface area contributed by atoms with Crippen molar-refractivity contribution in [2.45, 2.75) is 38.4 Å². The third-order valence-corrected chi connectivity index (χ3v) is 6.78. The largest absolute Gasteiger partial charge is 0.481 e. The minimum absolute atomic E-state index is 0.0283. The molecular weight excluding hydrogens is 550 g/mol. The number of aliphatic hydroxyl groups is 1. The van der Waals surface area contributed by atoms with E-state index in [2.05, 4.69) is 15.6 Å². The number of anilines is 1. The van der Waals surface area contributed by atoms with Crippen LogP contribution in [0.3, 0.4) is 0 Å². The highest BCUT2D eigenvalue weighted by molar-refractivity contribution is 6.07. The van der Waals surface area contributed by atoms with Crippen LogP contribution < -0.4 is 15.4 Å². The number of piperidine rings is 1. The van der Waals surface area contributed by atoms with E-state index >= 15 is 0 Å². The van der Waals surface area contributed by atoms with Crippen molar-refractivity contribution in [3.63, 3.8) is 0 Å². The van der Waals surface area contributed by atoms with Gasteiger partial charge in [-0.25, -0.2) is 9.37 Å². The van der Waals surface area contributed by atoms with Crippen LogP contribution in [0.5, 0.6) is 5.75 Å². The van der Waals surface area contributed by atoms with Crippen LogP contribution >= 0.6 is 0 Å². The molecule has 3 amide bonds. The number of hydrogen-bond acceptors (Lipinski definition) is 6. The van der Waals surface area contributed by atoms with Crippen LogP contribution in [0.15, 0.2) is 30.3 Å². The summed E-state index contributed by atoms with van der Waals surface area (Å²) in [5.74, 6) is -2.75. The summed E-state index contributed by atoms with van der Waals surface area (Å²) in [6, 6.07) is 6.01. The molecule has 0 bridgehead atoms. The van der Waals surface area contributed by atoms with E-state index in [1.807, 2.05) is 0 Å². The van der Waals surface area contributed by atoms with E-state index in [1.54, 1.807) is 6.92 Å². The molecule has 0 atom stereocenters. The van der Waals surface area contributed by atoms with Gasteiger partial charge in [0.2, 0.25) is 5.91 Å². The van der Waals surface area contributed by atoms with Crippen LogP contribution in [0.4, 0.5) is 23.2 Å². The van der Waals surface area contributed by atoms with E-state index in [9.17, 15) is 31.9 Å². The Hall–Kier alpha value is -4.20. The van der Waals surface area contributed by atoms with Crippen LogP contribution in [0.25, 0.3) is 11.0 Å². The number of benzene rings is 1. The summed E-state index contributed by atoms with van der Waals surface area (Å²) in [5.41, 5.74) is 0.556. The maximum Gasteiger partial charge on any atom is 0.422 e. The highest BCUT2D eigenvalue weighted by atomic mass is 19.4. The molecule has 1 saturated heterocycles. The third-order valence-electron chi connectivity index (χ3n) is 6.78. The first kappa shape index (κ1) is 29.8. The standard InChI is InChI=1S/C27H29F4N5O5/c1-3-19-20(34-25(39)15-5-4-6-16(28)11-15)12-18-23(41-14-27(29,30)31)22(35(2)24(18)33-19)26(40)32-17-7-9-36(10-8-17)21(38)13-37/h4-6,11-12,17,37H,3,7-10,13-14H2,1-2H3,(H,32,40)(H,34,39). The monoisotopic (exact) mass is 579 g/mol. The van der Waals surface area contributed by atoms with Gasteiger partial charge in [0.25, 0.3) is 11.8 Å². The quantitative estimate of drug-likeness (QED) is 0.352. The lowest BCUT2D eigenvalue weighted by atomic mass is 10.0. The molecule has 4 rings (SSSR count). The Kier molecular flexibility index (Phi) is 8.80. The predicted molar refractivity (Wildman–Crippen MR) is 140 cm³/mol. The molecule has 14 heteroatoms.